The van der Waals surface area contributed by atoms with E-state index in [1.54, 1.807) is 6.07 Å². The van der Waals surface area contributed by atoms with Crippen molar-refractivity contribution >= 4 is 28.3 Å². The van der Waals surface area contributed by atoms with Crippen molar-refractivity contribution < 1.29 is 9.53 Å². The zero-order valence-electron chi connectivity index (χ0n) is 12.2. The Bertz CT molecular complexity index is 840. The Morgan fingerprint density at radius 3 is 2.41 bits per heavy atom. The summed E-state index contributed by atoms with van der Waals surface area (Å²) in [6, 6.07) is 19.5. The first-order valence-corrected chi connectivity index (χ1v) is 7.41. The summed E-state index contributed by atoms with van der Waals surface area (Å²) in [6.07, 6.45) is 0.656. The number of carbonyl (C=O) groups excluding carboxylic acids is 1. The van der Waals surface area contributed by atoms with Crippen LogP contribution >= 0.6 is 11.6 Å². The van der Waals surface area contributed by atoms with E-state index in [1.807, 2.05) is 42.5 Å². The molecule has 0 bridgehead atoms. The Morgan fingerprint density at radius 1 is 0.909 bits per heavy atom. The summed E-state index contributed by atoms with van der Waals surface area (Å²) in [5.74, 6) is -0.311. The van der Waals surface area contributed by atoms with Crippen molar-refractivity contribution in [1.82, 2.24) is 0 Å². The van der Waals surface area contributed by atoms with Gasteiger partial charge in [0, 0.05) is 10.4 Å². The molecule has 0 fully saturated rings. The molecule has 0 heterocycles. The fourth-order valence-corrected chi connectivity index (χ4v) is 2.92. The molecule has 0 unspecified atom stereocenters. The third-order valence-electron chi connectivity index (χ3n) is 3.76. The van der Waals surface area contributed by atoms with Gasteiger partial charge in [0.25, 0.3) is 0 Å². The monoisotopic (exact) mass is 310 g/mol. The van der Waals surface area contributed by atoms with Crippen molar-refractivity contribution in [3.05, 3.63) is 82.4 Å². The normalized spacial score (nSPS) is 10.6. The van der Waals surface area contributed by atoms with Gasteiger partial charge >= 0.3 is 5.97 Å². The van der Waals surface area contributed by atoms with Crippen LogP contribution in [-0.4, -0.2) is 13.1 Å². The molecule has 3 aromatic carbocycles. The molecule has 3 rings (SSSR count). The van der Waals surface area contributed by atoms with Gasteiger partial charge < -0.3 is 4.74 Å². The van der Waals surface area contributed by atoms with Crippen LogP contribution in [0.5, 0.6) is 0 Å². The molecule has 0 saturated carbocycles. The molecule has 0 aliphatic carbocycles. The maximum absolute atomic E-state index is 11.9. The van der Waals surface area contributed by atoms with Crippen LogP contribution < -0.4 is 0 Å². The molecule has 0 radical (unpaired) electrons. The summed E-state index contributed by atoms with van der Waals surface area (Å²) < 4.78 is 4.86. The highest BCUT2D eigenvalue weighted by Crippen LogP contribution is 2.28. The number of benzene rings is 3. The molecule has 0 amide bonds. The van der Waals surface area contributed by atoms with E-state index in [4.69, 9.17) is 16.3 Å². The lowest BCUT2D eigenvalue weighted by Crippen LogP contribution is -2.06. The summed E-state index contributed by atoms with van der Waals surface area (Å²) in [6.45, 7) is 0. The van der Waals surface area contributed by atoms with Crippen LogP contribution in [-0.2, 0) is 11.2 Å². The van der Waals surface area contributed by atoms with Crippen molar-refractivity contribution in [2.24, 2.45) is 0 Å². The predicted molar refractivity (Wildman–Crippen MR) is 89.5 cm³/mol. The van der Waals surface area contributed by atoms with Crippen molar-refractivity contribution in [1.29, 1.82) is 0 Å². The Hall–Kier alpha value is -2.32. The molecular weight excluding hydrogens is 296 g/mol. The van der Waals surface area contributed by atoms with E-state index in [9.17, 15) is 4.79 Å². The van der Waals surface area contributed by atoms with E-state index >= 15 is 0 Å². The van der Waals surface area contributed by atoms with Crippen LogP contribution in [0.3, 0.4) is 0 Å². The third-order valence-corrected chi connectivity index (χ3v) is 4.09. The SMILES string of the molecule is COC(=O)c1ccccc1Cc1cccc2c(Cl)cccc12. The predicted octanol–water partition coefficient (Wildman–Crippen LogP) is 4.87. The molecule has 0 N–H and O–H groups in total. The maximum Gasteiger partial charge on any atom is 0.338 e. The number of esters is 1. The standard InChI is InChI=1S/C19H15ClO2/c1-22-19(21)16-8-3-2-6-14(16)12-13-7-4-10-17-15(13)9-5-11-18(17)20/h2-11H,12H2,1H3. The molecular formula is C19H15ClO2. The van der Waals surface area contributed by atoms with Crippen LogP contribution in [0.15, 0.2) is 60.7 Å². The molecule has 110 valence electrons. The highest BCUT2D eigenvalue weighted by atomic mass is 35.5. The molecule has 0 aromatic heterocycles. The minimum atomic E-state index is -0.311. The van der Waals surface area contributed by atoms with Crippen LogP contribution in [0, 0.1) is 0 Å². The van der Waals surface area contributed by atoms with E-state index in [2.05, 4.69) is 12.1 Å². The summed E-state index contributed by atoms with van der Waals surface area (Å²) in [4.78, 5) is 11.9. The number of methoxy groups -OCH3 is 1. The summed E-state index contributed by atoms with van der Waals surface area (Å²) in [5, 5.41) is 2.87. The maximum atomic E-state index is 11.9. The van der Waals surface area contributed by atoms with Crippen molar-refractivity contribution in [3.8, 4) is 0 Å². The number of fused-ring (bicyclic) bond motifs is 1. The van der Waals surface area contributed by atoms with Gasteiger partial charge in [0.15, 0.2) is 0 Å². The number of hydrogen-bond donors (Lipinski definition) is 0. The fraction of sp³-hybridized carbons (Fsp3) is 0.105. The first-order chi connectivity index (χ1) is 10.7. The number of halogens is 1. The largest absolute Gasteiger partial charge is 0.465 e. The molecule has 22 heavy (non-hydrogen) atoms. The molecule has 2 nitrogen and oxygen atoms in total. The van der Waals surface area contributed by atoms with E-state index in [-0.39, 0.29) is 5.97 Å². The van der Waals surface area contributed by atoms with Gasteiger partial charge in [0.1, 0.15) is 0 Å². The van der Waals surface area contributed by atoms with Gasteiger partial charge in [-0.3, -0.25) is 0 Å². The van der Waals surface area contributed by atoms with Crippen LogP contribution in [0.1, 0.15) is 21.5 Å². The molecule has 0 aliphatic rings. The lowest BCUT2D eigenvalue weighted by Gasteiger charge is -2.11. The van der Waals surface area contributed by atoms with Crippen molar-refractivity contribution in [2.75, 3.05) is 7.11 Å². The molecule has 3 aromatic rings. The van der Waals surface area contributed by atoms with E-state index in [0.717, 1.165) is 26.9 Å². The molecule has 0 spiro atoms. The van der Waals surface area contributed by atoms with Gasteiger partial charge in [-0.1, -0.05) is 60.1 Å². The van der Waals surface area contributed by atoms with Gasteiger partial charge in [-0.25, -0.2) is 4.79 Å². The summed E-state index contributed by atoms with van der Waals surface area (Å²) in [5.41, 5.74) is 2.68. The topological polar surface area (TPSA) is 26.3 Å². The average Bonchev–Trinajstić information content (AvgIpc) is 2.56. The number of ether oxygens (including phenoxy) is 1. The van der Waals surface area contributed by atoms with Gasteiger partial charge in [0.2, 0.25) is 0 Å². The van der Waals surface area contributed by atoms with Gasteiger partial charge in [-0.2, -0.15) is 0 Å². The highest BCUT2D eigenvalue weighted by Gasteiger charge is 2.12. The molecule has 0 aliphatic heterocycles. The Kier molecular flexibility index (Phi) is 4.12. The second-order valence-electron chi connectivity index (χ2n) is 5.08. The van der Waals surface area contributed by atoms with Crippen LogP contribution in [0.4, 0.5) is 0 Å². The van der Waals surface area contributed by atoms with Crippen molar-refractivity contribution in [3.63, 3.8) is 0 Å². The number of carbonyl (C=O) groups is 1. The Morgan fingerprint density at radius 2 is 1.59 bits per heavy atom. The molecule has 0 saturated heterocycles. The minimum absolute atomic E-state index is 0.311. The fourth-order valence-electron chi connectivity index (χ4n) is 2.68. The van der Waals surface area contributed by atoms with Gasteiger partial charge in [-0.15, -0.1) is 0 Å². The first kappa shape index (κ1) is 14.6. The average molecular weight is 311 g/mol. The quantitative estimate of drug-likeness (QED) is 0.645. The summed E-state index contributed by atoms with van der Waals surface area (Å²) >= 11 is 6.26. The van der Waals surface area contributed by atoms with Crippen LogP contribution in [0.2, 0.25) is 5.02 Å². The number of rotatable bonds is 3. The second-order valence-corrected chi connectivity index (χ2v) is 5.48. The number of hydrogen-bond acceptors (Lipinski definition) is 2. The van der Waals surface area contributed by atoms with Crippen molar-refractivity contribution in [2.45, 2.75) is 6.42 Å². The Balaban J connectivity index is 2.08. The Labute approximate surface area is 134 Å². The molecule has 0 atom stereocenters. The highest BCUT2D eigenvalue weighted by molar-refractivity contribution is 6.35. The third kappa shape index (κ3) is 2.70. The van der Waals surface area contributed by atoms with Gasteiger partial charge in [-0.05, 0) is 35.1 Å². The zero-order valence-corrected chi connectivity index (χ0v) is 12.9. The molecule has 3 heteroatoms. The lowest BCUT2D eigenvalue weighted by molar-refractivity contribution is 0.0599. The minimum Gasteiger partial charge on any atom is -0.465 e. The van der Waals surface area contributed by atoms with Crippen LogP contribution in [0.25, 0.3) is 10.8 Å². The zero-order chi connectivity index (χ0) is 15.5. The first-order valence-electron chi connectivity index (χ1n) is 7.03. The van der Waals surface area contributed by atoms with Gasteiger partial charge in [0.05, 0.1) is 12.7 Å². The van der Waals surface area contributed by atoms with E-state index in [1.165, 1.54) is 7.11 Å². The smallest absolute Gasteiger partial charge is 0.338 e. The lowest BCUT2D eigenvalue weighted by atomic mass is 9.95. The summed E-state index contributed by atoms with van der Waals surface area (Å²) in [7, 11) is 1.40. The van der Waals surface area contributed by atoms with E-state index in [0.29, 0.717) is 12.0 Å². The second kappa shape index (κ2) is 6.20. The van der Waals surface area contributed by atoms with E-state index < -0.39 is 0 Å².